The Morgan fingerprint density at radius 3 is 2.56 bits per heavy atom. The smallest absolute Gasteiger partial charge is 0.137 e. The van der Waals surface area contributed by atoms with E-state index in [2.05, 4.69) is 4.98 Å². The minimum Gasteiger partial charge on any atom is -0.492 e. The van der Waals surface area contributed by atoms with E-state index in [0.29, 0.717) is 17.4 Å². The van der Waals surface area contributed by atoms with E-state index in [0.717, 1.165) is 12.0 Å². The molecule has 3 nitrogen and oxygen atoms in total. The first-order chi connectivity index (χ1) is 8.79. The number of halogens is 1. The zero-order valence-electron chi connectivity index (χ0n) is 9.84. The van der Waals surface area contributed by atoms with Gasteiger partial charge in [0.1, 0.15) is 5.75 Å². The van der Waals surface area contributed by atoms with E-state index in [1.165, 1.54) is 5.56 Å². The molecule has 0 amide bonds. The molecular formula is C14H14ClNO2. The van der Waals surface area contributed by atoms with Crippen molar-refractivity contribution in [3.63, 3.8) is 0 Å². The van der Waals surface area contributed by atoms with Gasteiger partial charge in [0.15, 0.2) is 0 Å². The first-order valence-corrected chi connectivity index (χ1v) is 6.08. The van der Waals surface area contributed by atoms with Crippen LogP contribution in [0, 0.1) is 0 Å². The van der Waals surface area contributed by atoms with Crippen LogP contribution in [0.5, 0.6) is 5.75 Å². The van der Waals surface area contributed by atoms with Crippen molar-refractivity contribution in [2.24, 2.45) is 0 Å². The number of aliphatic hydroxyl groups excluding tert-OH is 1. The number of hydrogen-bond donors (Lipinski definition) is 1. The molecule has 2 rings (SSSR count). The Morgan fingerprint density at radius 1 is 1.11 bits per heavy atom. The lowest BCUT2D eigenvalue weighted by molar-refractivity contribution is 0.281. The SMILES string of the molecule is OCc1ccc(OCCc2ccncc2)c(Cl)c1. The molecule has 0 fully saturated rings. The summed E-state index contributed by atoms with van der Waals surface area (Å²) in [5.74, 6) is 0.642. The van der Waals surface area contributed by atoms with Gasteiger partial charge in [-0.1, -0.05) is 17.7 Å². The van der Waals surface area contributed by atoms with Crippen LogP contribution in [0.4, 0.5) is 0 Å². The van der Waals surface area contributed by atoms with Crippen molar-refractivity contribution >= 4 is 11.6 Å². The first-order valence-electron chi connectivity index (χ1n) is 5.70. The highest BCUT2D eigenvalue weighted by atomic mass is 35.5. The lowest BCUT2D eigenvalue weighted by Crippen LogP contribution is -2.02. The maximum Gasteiger partial charge on any atom is 0.137 e. The molecule has 0 unspecified atom stereocenters. The number of benzene rings is 1. The highest BCUT2D eigenvalue weighted by molar-refractivity contribution is 6.32. The molecule has 18 heavy (non-hydrogen) atoms. The van der Waals surface area contributed by atoms with Crippen LogP contribution in [-0.4, -0.2) is 16.7 Å². The van der Waals surface area contributed by atoms with E-state index >= 15 is 0 Å². The van der Waals surface area contributed by atoms with E-state index in [1.54, 1.807) is 30.6 Å². The summed E-state index contributed by atoms with van der Waals surface area (Å²) in [4.78, 5) is 3.96. The zero-order valence-corrected chi connectivity index (χ0v) is 10.6. The zero-order chi connectivity index (χ0) is 12.8. The van der Waals surface area contributed by atoms with Crippen molar-refractivity contribution in [1.29, 1.82) is 0 Å². The number of aromatic nitrogens is 1. The second kappa shape index (κ2) is 6.38. The fourth-order valence-corrected chi connectivity index (χ4v) is 1.85. The molecular weight excluding hydrogens is 250 g/mol. The third-order valence-corrected chi connectivity index (χ3v) is 2.87. The van der Waals surface area contributed by atoms with Gasteiger partial charge in [0, 0.05) is 18.8 Å². The lowest BCUT2D eigenvalue weighted by Gasteiger charge is -2.08. The standard InChI is InChI=1S/C14H14ClNO2/c15-13-9-12(10-17)1-2-14(13)18-8-5-11-3-6-16-7-4-11/h1-4,6-7,9,17H,5,8,10H2. The second-order valence-electron chi connectivity index (χ2n) is 3.88. The van der Waals surface area contributed by atoms with Gasteiger partial charge >= 0.3 is 0 Å². The third kappa shape index (κ3) is 3.45. The quantitative estimate of drug-likeness (QED) is 0.902. The minimum absolute atomic E-state index is 0.0168. The van der Waals surface area contributed by atoms with E-state index in [4.69, 9.17) is 21.4 Å². The van der Waals surface area contributed by atoms with E-state index < -0.39 is 0 Å². The molecule has 0 bridgehead atoms. The molecule has 0 spiro atoms. The van der Waals surface area contributed by atoms with E-state index in [1.807, 2.05) is 12.1 Å². The molecule has 1 heterocycles. The maximum atomic E-state index is 8.97. The number of pyridine rings is 1. The molecule has 0 saturated heterocycles. The Labute approximate surface area is 111 Å². The van der Waals surface area contributed by atoms with Crippen molar-refractivity contribution < 1.29 is 9.84 Å². The van der Waals surface area contributed by atoms with Crippen LogP contribution in [0.25, 0.3) is 0 Å². The summed E-state index contributed by atoms with van der Waals surface area (Å²) in [6.07, 6.45) is 4.33. The van der Waals surface area contributed by atoms with Crippen molar-refractivity contribution in [1.82, 2.24) is 4.98 Å². The molecule has 1 aromatic carbocycles. The molecule has 0 radical (unpaired) electrons. The summed E-state index contributed by atoms with van der Waals surface area (Å²) >= 11 is 6.04. The van der Waals surface area contributed by atoms with Gasteiger partial charge in [0.05, 0.1) is 18.2 Å². The van der Waals surface area contributed by atoms with Crippen LogP contribution >= 0.6 is 11.6 Å². The molecule has 1 aromatic heterocycles. The Balaban J connectivity index is 1.91. The topological polar surface area (TPSA) is 42.4 Å². The summed E-state index contributed by atoms with van der Waals surface area (Å²) in [5, 5.41) is 9.50. The van der Waals surface area contributed by atoms with Gasteiger partial charge in [-0.2, -0.15) is 0 Å². The molecule has 0 aliphatic heterocycles. The Hall–Kier alpha value is -1.58. The summed E-state index contributed by atoms with van der Waals surface area (Å²) in [6.45, 7) is 0.541. The highest BCUT2D eigenvalue weighted by Crippen LogP contribution is 2.25. The highest BCUT2D eigenvalue weighted by Gasteiger charge is 2.02. The average Bonchev–Trinajstić information content (AvgIpc) is 2.42. The van der Waals surface area contributed by atoms with Gasteiger partial charge in [0.2, 0.25) is 0 Å². The summed E-state index contributed by atoms with van der Waals surface area (Å²) < 4.78 is 5.61. The first kappa shape index (κ1) is 12.9. The van der Waals surface area contributed by atoms with E-state index in [9.17, 15) is 0 Å². The fraction of sp³-hybridized carbons (Fsp3) is 0.214. The van der Waals surface area contributed by atoms with Gasteiger partial charge in [0.25, 0.3) is 0 Å². The van der Waals surface area contributed by atoms with Crippen molar-refractivity contribution in [3.05, 3.63) is 58.9 Å². The Bertz CT molecular complexity index is 502. The van der Waals surface area contributed by atoms with Crippen molar-refractivity contribution in [3.8, 4) is 5.75 Å². The number of aliphatic hydroxyl groups is 1. The average molecular weight is 264 g/mol. The van der Waals surface area contributed by atoms with Crippen LogP contribution in [0.1, 0.15) is 11.1 Å². The van der Waals surface area contributed by atoms with Gasteiger partial charge in [-0.3, -0.25) is 4.98 Å². The predicted octanol–water partition coefficient (Wildman–Crippen LogP) is 2.85. The minimum atomic E-state index is -0.0168. The molecule has 0 atom stereocenters. The molecule has 2 aromatic rings. The van der Waals surface area contributed by atoms with Gasteiger partial charge in [-0.15, -0.1) is 0 Å². The number of hydrogen-bond acceptors (Lipinski definition) is 3. The predicted molar refractivity (Wildman–Crippen MR) is 70.8 cm³/mol. The molecule has 0 aliphatic rings. The number of rotatable bonds is 5. The Kier molecular flexibility index (Phi) is 4.56. The second-order valence-corrected chi connectivity index (χ2v) is 4.28. The normalized spacial score (nSPS) is 10.3. The number of ether oxygens (including phenoxy) is 1. The molecule has 1 N–H and O–H groups in total. The molecule has 94 valence electrons. The third-order valence-electron chi connectivity index (χ3n) is 2.58. The van der Waals surface area contributed by atoms with Crippen molar-refractivity contribution in [2.75, 3.05) is 6.61 Å². The monoisotopic (exact) mass is 263 g/mol. The largest absolute Gasteiger partial charge is 0.492 e. The number of nitrogens with zero attached hydrogens (tertiary/aromatic N) is 1. The van der Waals surface area contributed by atoms with Crippen molar-refractivity contribution in [2.45, 2.75) is 13.0 Å². The fourth-order valence-electron chi connectivity index (χ4n) is 1.59. The van der Waals surface area contributed by atoms with Crippen LogP contribution in [0.15, 0.2) is 42.7 Å². The van der Waals surface area contributed by atoms with Crippen LogP contribution in [0.3, 0.4) is 0 Å². The van der Waals surface area contributed by atoms with Gasteiger partial charge < -0.3 is 9.84 Å². The molecule has 0 saturated carbocycles. The van der Waals surface area contributed by atoms with Crippen LogP contribution in [-0.2, 0) is 13.0 Å². The van der Waals surface area contributed by atoms with Gasteiger partial charge in [-0.25, -0.2) is 0 Å². The molecule has 4 heteroatoms. The maximum absolute atomic E-state index is 8.97. The van der Waals surface area contributed by atoms with Crippen LogP contribution < -0.4 is 4.74 Å². The summed E-state index contributed by atoms with van der Waals surface area (Å²) in [5.41, 5.74) is 1.95. The van der Waals surface area contributed by atoms with Gasteiger partial charge in [-0.05, 0) is 35.4 Å². The lowest BCUT2D eigenvalue weighted by atomic mass is 10.2. The molecule has 0 aliphatic carbocycles. The summed E-state index contributed by atoms with van der Waals surface area (Å²) in [7, 11) is 0. The van der Waals surface area contributed by atoms with E-state index in [-0.39, 0.29) is 6.61 Å². The van der Waals surface area contributed by atoms with Crippen LogP contribution in [0.2, 0.25) is 5.02 Å². The Morgan fingerprint density at radius 2 is 1.89 bits per heavy atom. The summed E-state index contributed by atoms with van der Waals surface area (Å²) in [6, 6.07) is 9.21.